The maximum Gasteiger partial charge on any atom is 0.257 e. The molecule has 1 aromatic heterocycles. The van der Waals surface area contributed by atoms with E-state index >= 15 is 0 Å². The number of amides is 1. The summed E-state index contributed by atoms with van der Waals surface area (Å²) < 4.78 is 7.75. The average Bonchev–Trinajstić information content (AvgIpc) is 3.22. The first-order valence-corrected chi connectivity index (χ1v) is 8.18. The van der Waals surface area contributed by atoms with Crippen molar-refractivity contribution in [3.05, 3.63) is 48.3 Å². The molecule has 2 aromatic rings. The lowest BCUT2D eigenvalue weighted by molar-refractivity contribution is 0.0769. The highest BCUT2D eigenvalue weighted by Crippen LogP contribution is 2.40. The Hall–Kier alpha value is -2.30. The third kappa shape index (κ3) is 2.83. The molecule has 0 spiro atoms. The van der Waals surface area contributed by atoms with Crippen molar-refractivity contribution in [1.29, 1.82) is 0 Å². The Balaban J connectivity index is 1.36. The maximum absolute atomic E-state index is 12.5. The SMILES string of the molecule is Cn1cc(C(=O)N2C[C@H]3CC(Oc4ccccc4)C[C@H]3C2)cn1. The molecule has 2 fully saturated rings. The fraction of sp³-hybridized carbons (Fsp3) is 0.444. The third-order valence-electron chi connectivity index (χ3n) is 4.99. The highest BCUT2D eigenvalue weighted by Gasteiger charge is 2.43. The van der Waals surface area contributed by atoms with Crippen molar-refractivity contribution in [3.8, 4) is 5.75 Å². The summed E-state index contributed by atoms with van der Waals surface area (Å²) in [5.41, 5.74) is 0.685. The van der Waals surface area contributed by atoms with Crippen LogP contribution in [0.3, 0.4) is 0 Å². The molecule has 5 heteroatoms. The van der Waals surface area contributed by atoms with E-state index in [1.54, 1.807) is 17.1 Å². The molecule has 4 rings (SSSR count). The van der Waals surface area contributed by atoms with Crippen LogP contribution in [0.1, 0.15) is 23.2 Å². The third-order valence-corrected chi connectivity index (χ3v) is 4.99. The quantitative estimate of drug-likeness (QED) is 0.874. The highest BCUT2D eigenvalue weighted by atomic mass is 16.5. The second-order valence-electron chi connectivity index (χ2n) is 6.66. The van der Waals surface area contributed by atoms with Crippen LogP contribution >= 0.6 is 0 Å². The van der Waals surface area contributed by atoms with Gasteiger partial charge in [0.2, 0.25) is 0 Å². The molecule has 1 amide bonds. The molecule has 120 valence electrons. The van der Waals surface area contributed by atoms with Crippen LogP contribution in [0.4, 0.5) is 0 Å². The molecule has 1 saturated carbocycles. The summed E-state index contributed by atoms with van der Waals surface area (Å²) in [6, 6.07) is 10.0. The number of nitrogens with zero attached hydrogens (tertiary/aromatic N) is 3. The van der Waals surface area contributed by atoms with Crippen LogP contribution in [0, 0.1) is 11.8 Å². The second kappa shape index (κ2) is 5.72. The topological polar surface area (TPSA) is 47.4 Å². The van der Waals surface area contributed by atoms with Crippen molar-refractivity contribution < 1.29 is 9.53 Å². The number of aryl methyl sites for hydroxylation is 1. The molecule has 1 aromatic carbocycles. The first-order chi connectivity index (χ1) is 11.2. The van der Waals surface area contributed by atoms with E-state index in [0.29, 0.717) is 17.4 Å². The van der Waals surface area contributed by atoms with Gasteiger partial charge in [0.15, 0.2) is 0 Å². The molecule has 1 saturated heterocycles. The molecule has 0 N–H and O–H groups in total. The van der Waals surface area contributed by atoms with E-state index in [1.165, 1.54) is 0 Å². The van der Waals surface area contributed by atoms with Gasteiger partial charge in [0, 0.05) is 26.3 Å². The Morgan fingerprint density at radius 2 is 1.87 bits per heavy atom. The minimum absolute atomic E-state index is 0.105. The Bertz CT molecular complexity index is 683. The molecule has 2 heterocycles. The number of hydrogen-bond acceptors (Lipinski definition) is 3. The molecule has 0 radical (unpaired) electrons. The zero-order valence-corrected chi connectivity index (χ0v) is 13.3. The van der Waals surface area contributed by atoms with Gasteiger partial charge in [0.25, 0.3) is 5.91 Å². The van der Waals surface area contributed by atoms with Crippen molar-refractivity contribution in [3.63, 3.8) is 0 Å². The lowest BCUT2D eigenvalue weighted by Crippen LogP contribution is -2.30. The summed E-state index contributed by atoms with van der Waals surface area (Å²) in [5, 5.41) is 4.09. The summed E-state index contributed by atoms with van der Waals surface area (Å²) in [6.45, 7) is 1.68. The number of carbonyl (C=O) groups is 1. The van der Waals surface area contributed by atoms with Crippen LogP contribution < -0.4 is 4.74 Å². The molecule has 1 aliphatic heterocycles. The Labute approximate surface area is 135 Å². The van der Waals surface area contributed by atoms with Crippen LogP contribution in [0.25, 0.3) is 0 Å². The largest absolute Gasteiger partial charge is 0.490 e. The summed E-state index contributed by atoms with van der Waals surface area (Å²) in [7, 11) is 1.83. The highest BCUT2D eigenvalue weighted by molar-refractivity contribution is 5.93. The summed E-state index contributed by atoms with van der Waals surface area (Å²) in [6.07, 6.45) is 5.80. The zero-order valence-electron chi connectivity index (χ0n) is 13.3. The Morgan fingerprint density at radius 1 is 1.17 bits per heavy atom. The Kier molecular flexibility index (Phi) is 3.56. The normalized spacial score (nSPS) is 26.3. The van der Waals surface area contributed by atoms with Crippen molar-refractivity contribution in [2.45, 2.75) is 18.9 Å². The van der Waals surface area contributed by atoms with Gasteiger partial charge in [-0.25, -0.2) is 0 Å². The average molecular weight is 311 g/mol. The molecule has 1 unspecified atom stereocenters. The molecule has 23 heavy (non-hydrogen) atoms. The summed E-state index contributed by atoms with van der Waals surface area (Å²) in [5.74, 6) is 2.17. The standard InChI is InChI=1S/C18H21N3O2/c1-20-10-15(9-19-20)18(22)21-11-13-7-17(8-14(13)12-21)23-16-5-3-2-4-6-16/h2-6,9-10,13-14,17H,7-8,11-12H2,1H3/t13-,14+,17?. The van der Waals surface area contributed by atoms with Gasteiger partial charge in [-0.1, -0.05) is 18.2 Å². The van der Waals surface area contributed by atoms with Crippen LogP contribution in [-0.2, 0) is 7.05 Å². The minimum Gasteiger partial charge on any atom is -0.490 e. The molecular formula is C18H21N3O2. The monoisotopic (exact) mass is 311 g/mol. The van der Waals surface area contributed by atoms with Gasteiger partial charge < -0.3 is 9.64 Å². The summed E-state index contributed by atoms with van der Waals surface area (Å²) in [4.78, 5) is 14.5. The number of likely N-dealkylation sites (tertiary alicyclic amines) is 1. The predicted molar refractivity (Wildman–Crippen MR) is 86.2 cm³/mol. The number of fused-ring (bicyclic) bond motifs is 1. The number of aromatic nitrogens is 2. The first-order valence-electron chi connectivity index (χ1n) is 8.18. The molecule has 1 aliphatic carbocycles. The van der Waals surface area contributed by atoms with E-state index in [4.69, 9.17) is 4.74 Å². The number of para-hydroxylation sites is 1. The lowest BCUT2D eigenvalue weighted by Gasteiger charge is -2.19. The van der Waals surface area contributed by atoms with Crippen LogP contribution in [0.5, 0.6) is 5.75 Å². The lowest BCUT2D eigenvalue weighted by atomic mass is 10.0. The van der Waals surface area contributed by atoms with E-state index in [-0.39, 0.29) is 12.0 Å². The van der Waals surface area contributed by atoms with Gasteiger partial charge >= 0.3 is 0 Å². The van der Waals surface area contributed by atoms with Gasteiger partial charge in [0.05, 0.1) is 17.9 Å². The van der Waals surface area contributed by atoms with Gasteiger partial charge in [0.1, 0.15) is 5.75 Å². The predicted octanol–water partition coefficient (Wildman–Crippen LogP) is 2.35. The first kappa shape index (κ1) is 14.3. The smallest absolute Gasteiger partial charge is 0.257 e. The molecule has 0 bridgehead atoms. The van der Waals surface area contributed by atoms with Gasteiger partial charge in [-0.2, -0.15) is 5.10 Å². The molecule has 5 nitrogen and oxygen atoms in total. The van der Waals surface area contributed by atoms with Crippen LogP contribution in [0.15, 0.2) is 42.7 Å². The minimum atomic E-state index is 0.105. The number of hydrogen-bond donors (Lipinski definition) is 0. The van der Waals surface area contributed by atoms with E-state index in [1.807, 2.05) is 42.3 Å². The second-order valence-corrected chi connectivity index (χ2v) is 6.66. The number of ether oxygens (including phenoxy) is 1. The van der Waals surface area contributed by atoms with E-state index in [2.05, 4.69) is 5.10 Å². The zero-order chi connectivity index (χ0) is 15.8. The van der Waals surface area contributed by atoms with Gasteiger partial charge in [-0.3, -0.25) is 9.48 Å². The van der Waals surface area contributed by atoms with Crippen LogP contribution in [-0.4, -0.2) is 39.8 Å². The fourth-order valence-electron chi connectivity index (χ4n) is 3.91. The number of rotatable bonds is 3. The number of benzene rings is 1. The van der Waals surface area contributed by atoms with Crippen molar-refractivity contribution in [2.24, 2.45) is 18.9 Å². The van der Waals surface area contributed by atoms with Crippen molar-refractivity contribution in [2.75, 3.05) is 13.1 Å². The Morgan fingerprint density at radius 3 is 2.48 bits per heavy atom. The van der Waals surface area contributed by atoms with E-state index in [0.717, 1.165) is 31.7 Å². The maximum atomic E-state index is 12.5. The molecular weight excluding hydrogens is 290 g/mol. The van der Waals surface area contributed by atoms with E-state index < -0.39 is 0 Å². The van der Waals surface area contributed by atoms with E-state index in [9.17, 15) is 4.79 Å². The summed E-state index contributed by atoms with van der Waals surface area (Å²) >= 11 is 0. The number of carbonyl (C=O) groups excluding carboxylic acids is 1. The fourth-order valence-corrected chi connectivity index (χ4v) is 3.91. The molecule has 3 atom stereocenters. The van der Waals surface area contributed by atoms with Crippen molar-refractivity contribution in [1.82, 2.24) is 14.7 Å². The molecule has 2 aliphatic rings. The van der Waals surface area contributed by atoms with Gasteiger partial charge in [-0.05, 0) is 36.8 Å². The van der Waals surface area contributed by atoms with Crippen LogP contribution in [0.2, 0.25) is 0 Å². The van der Waals surface area contributed by atoms with Crippen molar-refractivity contribution >= 4 is 5.91 Å². The van der Waals surface area contributed by atoms with Gasteiger partial charge in [-0.15, -0.1) is 0 Å².